The highest BCUT2D eigenvalue weighted by molar-refractivity contribution is 5.85. The molecule has 0 saturated carbocycles. The molecule has 0 radical (unpaired) electrons. The van der Waals surface area contributed by atoms with Gasteiger partial charge in [-0.15, -0.1) is 12.4 Å². The van der Waals surface area contributed by atoms with E-state index >= 15 is 0 Å². The zero-order valence-corrected chi connectivity index (χ0v) is 13.1. The van der Waals surface area contributed by atoms with Crippen LogP contribution in [0.15, 0.2) is 29.1 Å². The predicted molar refractivity (Wildman–Crippen MR) is 87.9 cm³/mol. The number of fused-ring (bicyclic) bond motifs is 1. The number of nitrogens with one attached hydrogen (secondary N) is 2. The van der Waals surface area contributed by atoms with Gasteiger partial charge in [0.2, 0.25) is 17.8 Å². The maximum atomic E-state index is 11.3. The number of ether oxygens (including phenoxy) is 1. The second-order valence-electron chi connectivity index (χ2n) is 4.59. The van der Waals surface area contributed by atoms with Gasteiger partial charge in [-0.1, -0.05) is 0 Å². The number of H-pyrrole nitrogens is 1. The molecule has 0 unspecified atom stereocenters. The fourth-order valence-corrected chi connectivity index (χ4v) is 2.06. The summed E-state index contributed by atoms with van der Waals surface area (Å²) in [6.45, 7) is 1.85. The summed E-state index contributed by atoms with van der Waals surface area (Å²) in [6, 6.07) is 6.47. The van der Waals surface area contributed by atoms with E-state index in [9.17, 15) is 9.90 Å². The smallest absolute Gasteiger partial charge is 0.256 e. The zero-order chi connectivity index (χ0) is 15.7. The first-order chi connectivity index (χ1) is 10.5. The van der Waals surface area contributed by atoms with Gasteiger partial charge in [0, 0.05) is 11.5 Å². The van der Waals surface area contributed by atoms with Crippen LogP contribution in [0, 0.1) is 6.92 Å². The number of aryl methyl sites for hydroxylation is 1. The molecule has 1 aromatic carbocycles. The molecule has 0 atom stereocenters. The van der Waals surface area contributed by atoms with E-state index in [1.54, 1.807) is 13.2 Å². The molecule has 3 aromatic rings. The third kappa shape index (κ3) is 3.49. The summed E-state index contributed by atoms with van der Waals surface area (Å²) < 4.78 is 5.18. The first kappa shape index (κ1) is 16.5. The highest BCUT2D eigenvalue weighted by Gasteiger charge is 2.08. The lowest BCUT2D eigenvalue weighted by atomic mass is 10.2. The Balaban J connectivity index is 0.00000192. The van der Waals surface area contributed by atoms with Crippen LogP contribution in [0.4, 0.5) is 11.9 Å². The fraction of sp³-hybridized carbons (Fsp3) is 0.143. The van der Waals surface area contributed by atoms with E-state index in [1.807, 2.05) is 19.1 Å². The standard InChI is InChI=1S/C14H13N5O3.ClH/c1-7-9-4-3-8(22-2)5-10(9)16-13(15-7)19-14-17-11(20)6-12(21)18-14;/h3-6H,1-2H3,(H3,15,16,17,18,19,20,21);1H. The maximum absolute atomic E-state index is 11.3. The molecular weight excluding hydrogens is 322 g/mol. The number of aromatic nitrogens is 4. The van der Waals surface area contributed by atoms with Crippen LogP contribution in [-0.2, 0) is 0 Å². The Kier molecular flexibility index (Phi) is 4.65. The highest BCUT2D eigenvalue weighted by Crippen LogP contribution is 2.23. The van der Waals surface area contributed by atoms with Crippen molar-refractivity contribution in [2.24, 2.45) is 0 Å². The molecule has 0 aliphatic rings. The number of aromatic hydroxyl groups is 1. The largest absolute Gasteiger partial charge is 0.497 e. The van der Waals surface area contributed by atoms with Crippen molar-refractivity contribution in [3.8, 4) is 11.6 Å². The lowest BCUT2D eigenvalue weighted by molar-refractivity contribution is 0.415. The molecule has 2 aromatic heterocycles. The molecule has 0 aliphatic carbocycles. The third-order valence-electron chi connectivity index (χ3n) is 3.05. The first-order valence-electron chi connectivity index (χ1n) is 6.45. The van der Waals surface area contributed by atoms with E-state index in [4.69, 9.17) is 4.74 Å². The van der Waals surface area contributed by atoms with Gasteiger partial charge in [-0.05, 0) is 19.1 Å². The number of hydrogen-bond acceptors (Lipinski definition) is 7. The molecule has 3 N–H and O–H groups in total. The number of nitrogens with zero attached hydrogens (tertiary/aromatic N) is 3. The number of halogens is 1. The molecule has 0 fully saturated rings. The van der Waals surface area contributed by atoms with Gasteiger partial charge in [-0.3, -0.25) is 15.1 Å². The molecule has 0 amide bonds. The van der Waals surface area contributed by atoms with Crippen molar-refractivity contribution in [3.05, 3.63) is 40.3 Å². The minimum atomic E-state index is -0.478. The Hall–Kier alpha value is -2.87. The van der Waals surface area contributed by atoms with Crippen LogP contribution in [0.1, 0.15) is 5.69 Å². The molecule has 23 heavy (non-hydrogen) atoms. The molecule has 0 aliphatic heterocycles. The zero-order valence-electron chi connectivity index (χ0n) is 12.3. The lowest BCUT2D eigenvalue weighted by Crippen LogP contribution is -2.10. The number of hydrogen-bond donors (Lipinski definition) is 3. The summed E-state index contributed by atoms with van der Waals surface area (Å²) in [5, 5.41) is 13.0. The SMILES string of the molecule is COc1ccc2c(C)nc(Nc3nc(O)cc(=O)[nH]3)nc2c1.Cl. The molecule has 2 heterocycles. The van der Waals surface area contributed by atoms with Gasteiger partial charge in [0.15, 0.2) is 0 Å². The molecule has 3 rings (SSSR count). The van der Waals surface area contributed by atoms with E-state index in [0.29, 0.717) is 11.3 Å². The van der Waals surface area contributed by atoms with Gasteiger partial charge in [-0.25, -0.2) is 9.97 Å². The number of rotatable bonds is 3. The Morgan fingerprint density at radius 3 is 2.70 bits per heavy atom. The monoisotopic (exact) mass is 335 g/mol. The lowest BCUT2D eigenvalue weighted by Gasteiger charge is -2.08. The average Bonchev–Trinajstić information content (AvgIpc) is 2.45. The first-order valence-corrected chi connectivity index (χ1v) is 6.45. The maximum Gasteiger partial charge on any atom is 0.256 e. The topological polar surface area (TPSA) is 113 Å². The summed E-state index contributed by atoms with van der Waals surface area (Å²) in [5.74, 6) is 0.615. The second-order valence-corrected chi connectivity index (χ2v) is 4.59. The van der Waals surface area contributed by atoms with Crippen molar-refractivity contribution in [1.82, 2.24) is 19.9 Å². The fourth-order valence-electron chi connectivity index (χ4n) is 2.06. The average molecular weight is 336 g/mol. The van der Waals surface area contributed by atoms with Crippen LogP contribution in [0.2, 0.25) is 0 Å². The van der Waals surface area contributed by atoms with Crippen LogP contribution in [0.3, 0.4) is 0 Å². The van der Waals surface area contributed by atoms with Crippen LogP contribution in [0.5, 0.6) is 11.6 Å². The summed E-state index contributed by atoms with van der Waals surface area (Å²) in [6.07, 6.45) is 0. The number of anilines is 2. The van der Waals surface area contributed by atoms with Crippen molar-refractivity contribution in [3.63, 3.8) is 0 Å². The molecule has 0 spiro atoms. The van der Waals surface area contributed by atoms with Crippen LogP contribution >= 0.6 is 12.4 Å². The van der Waals surface area contributed by atoms with Crippen molar-refractivity contribution < 1.29 is 9.84 Å². The third-order valence-corrected chi connectivity index (χ3v) is 3.05. The quantitative estimate of drug-likeness (QED) is 0.670. The van der Waals surface area contributed by atoms with Crippen molar-refractivity contribution >= 4 is 35.2 Å². The van der Waals surface area contributed by atoms with Gasteiger partial charge >= 0.3 is 0 Å². The number of aromatic amines is 1. The Morgan fingerprint density at radius 1 is 1.22 bits per heavy atom. The normalized spacial score (nSPS) is 10.2. The van der Waals surface area contributed by atoms with Gasteiger partial charge < -0.3 is 9.84 Å². The van der Waals surface area contributed by atoms with Gasteiger partial charge in [-0.2, -0.15) is 4.98 Å². The van der Waals surface area contributed by atoms with Crippen molar-refractivity contribution in [2.75, 3.05) is 12.4 Å². The second kappa shape index (κ2) is 6.49. The van der Waals surface area contributed by atoms with Gasteiger partial charge in [0.05, 0.1) is 24.4 Å². The van der Waals surface area contributed by atoms with E-state index in [-0.39, 0.29) is 30.2 Å². The Labute approximate surface area is 137 Å². The summed E-state index contributed by atoms with van der Waals surface area (Å²) in [7, 11) is 1.58. The minimum absolute atomic E-state index is 0. The summed E-state index contributed by atoms with van der Waals surface area (Å²) in [5.41, 5.74) is 0.976. The van der Waals surface area contributed by atoms with Crippen LogP contribution < -0.4 is 15.6 Å². The minimum Gasteiger partial charge on any atom is -0.497 e. The Bertz CT molecular complexity index is 913. The number of methoxy groups -OCH3 is 1. The molecule has 8 nitrogen and oxygen atoms in total. The van der Waals surface area contributed by atoms with Crippen molar-refractivity contribution in [1.29, 1.82) is 0 Å². The Morgan fingerprint density at radius 2 is 2.00 bits per heavy atom. The summed E-state index contributed by atoms with van der Waals surface area (Å²) in [4.78, 5) is 26.2. The van der Waals surface area contributed by atoms with E-state index < -0.39 is 5.56 Å². The van der Waals surface area contributed by atoms with E-state index in [1.165, 1.54) is 0 Å². The molecular formula is C14H14ClN5O3. The van der Waals surface area contributed by atoms with Crippen LogP contribution in [-0.4, -0.2) is 32.2 Å². The van der Waals surface area contributed by atoms with Gasteiger partial charge in [0.25, 0.3) is 5.56 Å². The van der Waals surface area contributed by atoms with E-state index in [0.717, 1.165) is 17.1 Å². The van der Waals surface area contributed by atoms with E-state index in [2.05, 4.69) is 25.3 Å². The molecule has 0 bridgehead atoms. The van der Waals surface area contributed by atoms with Crippen molar-refractivity contribution in [2.45, 2.75) is 6.92 Å². The highest BCUT2D eigenvalue weighted by atomic mass is 35.5. The predicted octanol–water partition coefficient (Wildman–Crippen LogP) is 1.90. The van der Waals surface area contributed by atoms with Crippen LogP contribution in [0.25, 0.3) is 10.9 Å². The summed E-state index contributed by atoms with van der Waals surface area (Å²) >= 11 is 0. The number of benzene rings is 1. The molecule has 120 valence electrons. The van der Waals surface area contributed by atoms with Gasteiger partial charge in [0.1, 0.15) is 5.75 Å². The molecule has 0 saturated heterocycles. The molecule has 9 heteroatoms.